The predicted molar refractivity (Wildman–Crippen MR) is 125 cm³/mol. The fraction of sp³-hybridized carbons (Fsp3) is 0.684. The average Bonchev–Trinajstić information content (AvgIpc) is 2.76. The van der Waals surface area contributed by atoms with Gasteiger partial charge in [-0.15, -0.1) is 0 Å². The molecule has 0 spiro atoms. The van der Waals surface area contributed by atoms with Crippen molar-refractivity contribution in [3.05, 3.63) is 0 Å². The molecule has 0 fully saturated rings. The summed E-state index contributed by atoms with van der Waals surface area (Å²) in [5, 5.41) is 9.63. The molecule has 0 unspecified atom stereocenters. The molecule has 0 aromatic rings. The molecule has 0 aliphatic carbocycles. The van der Waals surface area contributed by atoms with E-state index in [0.717, 1.165) is 0 Å². The molecular formula is C19H32N4O8S2. The monoisotopic (exact) mass is 508 g/mol. The van der Waals surface area contributed by atoms with E-state index in [2.05, 4.69) is 46.5 Å². The van der Waals surface area contributed by atoms with Crippen molar-refractivity contribution in [2.45, 2.75) is 51.7 Å². The lowest BCUT2D eigenvalue weighted by Crippen LogP contribution is -2.53. The Morgan fingerprint density at radius 3 is 1.88 bits per heavy atom. The van der Waals surface area contributed by atoms with Crippen molar-refractivity contribution in [3.8, 4) is 0 Å². The second kappa shape index (κ2) is 17.1. The van der Waals surface area contributed by atoms with Crippen LogP contribution in [-0.4, -0.2) is 85.0 Å². The molecule has 0 aliphatic heterocycles. The Balaban J connectivity index is 4.95. The van der Waals surface area contributed by atoms with Gasteiger partial charge in [0.1, 0.15) is 24.7 Å². The summed E-state index contributed by atoms with van der Waals surface area (Å²) < 4.78 is 9.64. The molecule has 4 N–H and O–H groups in total. The van der Waals surface area contributed by atoms with Gasteiger partial charge in [0, 0.05) is 24.9 Å². The first kappa shape index (κ1) is 30.5. The second-order valence-electron chi connectivity index (χ2n) is 6.61. The lowest BCUT2D eigenvalue weighted by molar-refractivity contribution is -0.148. The van der Waals surface area contributed by atoms with Gasteiger partial charge in [0.05, 0.1) is 13.2 Å². The van der Waals surface area contributed by atoms with Gasteiger partial charge < -0.3 is 30.7 Å². The zero-order valence-corrected chi connectivity index (χ0v) is 20.6. The van der Waals surface area contributed by atoms with E-state index in [1.807, 2.05) is 0 Å². The standard InChI is InChI=1S/C19H32N4O8S2/c1-4-30-16(26)8-20-17(27)13(9-32)22-15(25)7-6-12(19(29)31-5-2)23-18(28)14(10-33)21-11(3)24/h12-14,32-33H,4-10H2,1-3H3,(H,20,27)(H,21,24)(H,22,25)(H,23,28)/t12-,13-,14-/m0/s1. The highest BCUT2D eigenvalue weighted by molar-refractivity contribution is 7.80. The van der Waals surface area contributed by atoms with Gasteiger partial charge in [-0.2, -0.15) is 25.3 Å². The molecule has 0 radical (unpaired) electrons. The number of carbonyl (C=O) groups is 6. The highest BCUT2D eigenvalue weighted by Gasteiger charge is 2.28. The van der Waals surface area contributed by atoms with Crippen molar-refractivity contribution in [3.63, 3.8) is 0 Å². The molecule has 33 heavy (non-hydrogen) atoms. The van der Waals surface area contributed by atoms with Crippen molar-refractivity contribution in [1.82, 2.24) is 21.3 Å². The number of thiol groups is 2. The van der Waals surface area contributed by atoms with Crippen LogP contribution in [0.3, 0.4) is 0 Å². The van der Waals surface area contributed by atoms with Crippen LogP contribution in [0.25, 0.3) is 0 Å². The highest BCUT2D eigenvalue weighted by Crippen LogP contribution is 2.03. The van der Waals surface area contributed by atoms with Gasteiger partial charge in [0.2, 0.25) is 23.6 Å². The maximum absolute atomic E-state index is 12.4. The zero-order valence-electron chi connectivity index (χ0n) is 18.8. The molecule has 4 amide bonds. The molecule has 0 saturated heterocycles. The largest absolute Gasteiger partial charge is 0.465 e. The van der Waals surface area contributed by atoms with E-state index in [-0.39, 0.29) is 44.1 Å². The SMILES string of the molecule is CCOC(=O)CNC(=O)[C@H](CS)NC(=O)CC[C@H](NC(=O)[C@H](CS)NC(C)=O)C(=O)OCC. The molecule has 12 nitrogen and oxygen atoms in total. The van der Waals surface area contributed by atoms with Crippen LogP contribution < -0.4 is 21.3 Å². The minimum Gasteiger partial charge on any atom is -0.465 e. The molecule has 0 aromatic heterocycles. The first-order chi connectivity index (χ1) is 15.6. The number of hydrogen-bond donors (Lipinski definition) is 6. The molecule has 3 atom stereocenters. The number of hydrogen-bond acceptors (Lipinski definition) is 10. The molecule has 0 aliphatic rings. The third kappa shape index (κ3) is 13.0. The summed E-state index contributed by atoms with van der Waals surface area (Å²) in [6.45, 7) is 4.31. The Kier molecular flexibility index (Phi) is 15.8. The molecule has 0 saturated carbocycles. The Labute approximate surface area is 203 Å². The highest BCUT2D eigenvalue weighted by atomic mass is 32.1. The minimum atomic E-state index is -1.16. The lowest BCUT2D eigenvalue weighted by atomic mass is 10.1. The van der Waals surface area contributed by atoms with Crippen molar-refractivity contribution in [2.75, 3.05) is 31.3 Å². The van der Waals surface area contributed by atoms with Gasteiger partial charge in [0.15, 0.2) is 0 Å². The van der Waals surface area contributed by atoms with Gasteiger partial charge in [-0.05, 0) is 20.3 Å². The van der Waals surface area contributed by atoms with Crippen LogP contribution in [0.2, 0.25) is 0 Å². The number of amides is 4. The third-order valence-corrected chi connectivity index (χ3v) is 4.70. The van der Waals surface area contributed by atoms with E-state index in [0.29, 0.717) is 0 Å². The quantitative estimate of drug-likeness (QED) is 0.113. The van der Waals surface area contributed by atoms with Gasteiger partial charge in [0.25, 0.3) is 0 Å². The summed E-state index contributed by atoms with van der Waals surface area (Å²) in [6.07, 6.45) is -0.357. The van der Waals surface area contributed by atoms with Gasteiger partial charge >= 0.3 is 11.9 Å². The molecule has 0 heterocycles. The van der Waals surface area contributed by atoms with E-state index in [1.165, 1.54) is 6.92 Å². The van der Waals surface area contributed by atoms with E-state index in [4.69, 9.17) is 9.47 Å². The minimum absolute atomic E-state index is 0.00796. The summed E-state index contributed by atoms with van der Waals surface area (Å²) in [7, 11) is 0. The molecule has 14 heteroatoms. The second-order valence-corrected chi connectivity index (χ2v) is 7.34. The van der Waals surface area contributed by atoms with Gasteiger partial charge in [-0.1, -0.05) is 0 Å². The van der Waals surface area contributed by atoms with E-state index >= 15 is 0 Å². The average molecular weight is 509 g/mol. The third-order valence-electron chi connectivity index (χ3n) is 3.97. The molecule has 0 aromatic carbocycles. The van der Waals surface area contributed by atoms with Gasteiger partial charge in [-0.3, -0.25) is 24.0 Å². The van der Waals surface area contributed by atoms with Crippen molar-refractivity contribution < 1.29 is 38.2 Å². The maximum atomic E-state index is 12.4. The Bertz CT molecular complexity index is 707. The Morgan fingerprint density at radius 2 is 1.36 bits per heavy atom. The topological polar surface area (TPSA) is 169 Å². The van der Waals surface area contributed by atoms with Gasteiger partial charge in [-0.25, -0.2) is 4.79 Å². The molecule has 0 bridgehead atoms. The van der Waals surface area contributed by atoms with Crippen LogP contribution in [0.15, 0.2) is 0 Å². The Morgan fingerprint density at radius 1 is 0.788 bits per heavy atom. The fourth-order valence-corrected chi connectivity index (χ4v) is 2.95. The number of nitrogens with one attached hydrogen (secondary N) is 4. The molecule has 188 valence electrons. The smallest absolute Gasteiger partial charge is 0.328 e. The van der Waals surface area contributed by atoms with E-state index in [1.54, 1.807) is 13.8 Å². The van der Waals surface area contributed by atoms with E-state index in [9.17, 15) is 28.8 Å². The summed E-state index contributed by atoms with van der Waals surface area (Å²) >= 11 is 8.03. The van der Waals surface area contributed by atoms with Crippen molar-refractivity contribution in [2.24, 2.45) is 0 Å². The molecule has 0 rings (SSSR count). The lowest BCUT2D eigenvalue weighted by Gasteiger charge is -2.21. The van der Waals surface area contributed by atoms with Crippen molar-refractivity contribution in [1.29, 1.82) is 0 Å². The van der Waals surface area contributed by atoms with Crippen LogP contribution in [0.5, 0.6) is 0 Å². The normalized spacial score (nSPS) is 13.0. The van der Waals surface area contributed by atoms with Crippen LogP contribution in [0.4, 0.5) is 0 Å². The van der Waals surface area contributed by atoms with Crippen molar-refractivity contribution >= 4 is 60.8 Å². The summed E-state index contributed by atoms with van der Waals surface area (Å²) in [6, 6.07) is -3.17. The summed E-state index contributed by atoms with van der Waals surface area (Å²) in [5.74, 6) is -3.75. The summed E-state index contributed by atoms with van der Waals surface area (Å²) in [5.41, 5.74) is 0. The fourth-order valence-electron chi connectivity index (χ4n) is 2.43. The number of ether oxygens (including phenoxy) is 2. The Hall–Kier alpha value is -2.48. The number of rotatable bonds is 15. The maximum Gasteiger partial charge on any atom is 0.328 e. The number of carbonyl (C=O) groups excluding carboxylic acids is 6. The molecular weight excluding hydrogens is 476 g/mol. The summed E-state index contributed by atoms with van der Waals surface area (Å²) in [4.78, 5) is 71.6. The first-order valence-electron chi connectivity index (χ1n) is 10.3. The van der Waals surface area contributed by atoms with E-state index < -0.39 is 53.7 Å². The van der Waals surface area contributed by atoms with Crippen LogP contribution in [0, 0.1) is 0 Å². The first-order valence-corrected chi connectivity index (χ1v) is 11.5. The van der Waals surface area contributed by atoms with Crippen LogP contribution in [-0.2, 0) is 38.2 Å². The number of esters is 2. The predicted octanol–water partition coefficient (Wildman–Crippen LogP) is -1.66. The van der Waals surface area contributed by atoms with Crippen LogP contribution >= 0.6 is 25.3 Å². The zero-order chi connectivity index (χ0) is 25.4. The van der Waals surface area contributed by atoms with Crippen LogP contribution in [0.1, 0.15) is 33.6 Å².